The lowest BCUT2D eigenvalue weighted by Gasteiger charge is -2.24. The Hall–Kier alpha value is -4.70. The van der Waals surface area contributed by atoms with Crippen LogP contribution in [0, 0.1) is 10.1 Å². The van der Waals surface area contributed by atoms with E-state index in [4.69, 9.17) is 16.3 Å². The number of nitrogens with one attached hydrogen (secondary N) is 2. The van der Waals surface area contributed by atoms with E-state index in [0.29, 0.717) is 11.0 Å². The number of carbonyl (C=O) groups is 1. The number of ether oxygens (including phenoxy) is 1. The first-order valence-corrected chi connectivity index (χ1v) is 11.2. The molecule has 180 valence electrons. The zero-order valence-electron chi connectivity index (χ0n) is 18.9. The van der Waals surface area contributed by atoms with E-state index < -0.39 is 10.8 Å². The highest BCUT2D eigenvalue weighted by atomic mass is 35.5. The summed E-state index contributed by atoms with van der Waals surface area (Å²) in [5.74, 6) is 0.628. The van der Waals surface area contributed by atoms with Gasteiger partial charge in [0.05, 0.1) is 12.0 Å². The van der Waals surface area contributed by atoms with E-state index >= 15 is 0 Å². The van der Waals surface area contributed by atoms with Gasteiger partial charge >= 0.3 is 0 Å². The highest BCUT2D eigenvalue weighted by Gasteiger charge is 2.26. The predicted octanol–water partition coefficient (Wildman–Crippen LogP) is 5.16. The van der Waals surface area contributed by atoms with Gasteiger partial charge in [-0.15, -0.1) is 5.10 Å². The predicted molar refractivity (Wildman–Crippen MR) is 135 cm³/mol. The molecule has 1 aromatic heterocycles. The SMILES string of the molecule is COc1ccc([C@H]2C=C(c3ccc(Cl)cc3)Nc3nc(NC(=O)c4cccc([N+](=O)[O-])c4)nn32)cc1. The van der Waals surface area contributed by atoms with Crippen LogP contribution in [0.5, 0.6) is 5.75 Å². The number of rotatable bonds is 6. The lowest BCUT2D eigenvalue weighted by Crippen LogP contribution is -2.20. The Morgan fingerprint density at radius 2 is 1.89 bits per heavy atom. The third-order valence-corrected chi connectivity index (χ3v) is 5.87. The molecular formula is C25H19ClN6O4. The molecule has 0 unspecified atom stereocenters. The number of carbonyl (C=O) groups excluding carboxylic acids is 1. The van der Waals surface area contributed by atoms with Gasteiger partial charge in [0.1, 0.15) is 11.8 Å². The molecule has 2 heterocycles. The molecular weight excluding hydrogens is 484 g/mol. The molecule has 1 aliphatic rings. The number of hydrogen-bond donors (Lipinski definition) is 2. The van der Waals surface area contributed by atoms with Crippen molar-refractivity contribution in [2.24, 2.45) is 0 Å². The average Bonchev–Trinajstić information content (AvgIpc) is 3.31. The third-order valence-electron chi connectivity index (χ3n) is 5.62. The first kappa shape index (κ1) is 23.1. The lowest BCUT2D eigenvalue weighted by atomic mass is 10.0. The number of amides is 1. The molecule has 0 spiro atoms. The molecule has 0 bridgehead atoms. The molecule has 3 aromatic carbocycles. The molecule has 1 atom stereocenters. The number of non-ortho nitro benzene ring substituents is 1. The third kappa shape index (κ3) is 4.62. The normalized spacial score (nSPS) is 14.3. The van der Waals surface area contributed by atoms with Crippen molar-refractivity contribution in [3.05, 3.63) is 111 Å². The second-order valence-corrected chi connectivity index (χ2v) is 8.33. The Bertz CT molecular complexity index is 1480. The van der Waals surface area contributed by atoms with Gasteiger partial charge in [0, 0.05) is 28.4 Å². The summed E-state index contributed by atoms with van der Waals surface area (Å²) in [4.78, 5) is 27.7. The quantitative estimate of drug-likeness (QED) is 0.276. The van der Waals surface area contributed by atoms with Crippen molar-refractivity contribution >= 4 is 40.8 Å². The number of nitrogens with zero attached hydrogens (tertiary/aromatic N) is 4. The zero-order chi connectivity index (χ0) is 25.2. The van der Waals surface area contributed by atoms with Crippen LogP contribution in [0.2, 0.25) is 5.02 Å². The minimum atomic E-state index is -0.562. The molecule has 1 aliphatic heterocycles. The van der Waals surface area contributed by atoms with Gasteiger partial charge in [-0.05, 0) is 47.5 Å². The first-order valence-electron chi connectivity index (χ1n) is 10.8. The van der Waals surface area contributed by atoms with Crippen LogP contribution in [-0.4, -0.2) is 32.7 Å². The number of nitro benzene ring substituents is 1. The summed E-state index contributed by atoms with van der Waals surface area (Å²) in [5.41, 5.74) is 2.55. The largest absolute Gasteiger partial charge is 0.497 e. The van der Waals surface area contributed by atoms with Crippen molar-refractivity contribution < 1.29 is 14.5 Å². The Kier molecular flexibility index (Phi) is 6.09. The van der Waals surface area contributed by atoms with Gasteiger partial charge in [-0.1, -0.05) is 41.9 Å². The molecule has 2 N–H and O–H groups in total. The Morgan fingerprint density at radius 1 is 1.14 bits per heavy atom. The van der Waals surface area contributed by atoms with E-state index in [1.807, 2.05) is 42.5 Å². The van der Waals surface area contributed by atoms with E-state index in [1.54, 1.807) is 23.9 Å². The van der Waals surface area contributed by atoms with Crippen LogP contribution in [0.25, 0.3) is 5.70 Å². The molecule has 0 saturated carbocycles. The molecule has 5 rings (SSSR count). The lowest BCUT2D eigenvalue weighted by molar-refractivity contribution is -0.384. The van der Waals surface area contributed by atoms with Crippen molar-refractivity contribution in [2.75, 3.05) is 17.7 Å². The molecule has 4 aromatic rings. The van der Waals surface area contributed by atoms with E-state index in [2.05, 4.69) is 20.7 Å². The van der Waals surface area contributed by atoms with Crippen molar-refractivity contribution in [1.82, 2.24) is 14.8 Å². The zero-order valence-corrected chi connectivity index (χ0v) is 19.6. The van der Waals surface area contributed by atoms with Crippen LogP contribution >= 0.6 is 11.6 Å². The maximum absolute atomic E-state index is 12.8. The number of benzene rings is 3. The van der Waals surface area contributed by atoms with E-state index in [1.165, 1.54) is 24.3 Å². The van der Waals surface area contributed by atoms with E-state index in [-0.39, 0.29) is 23.2 Å². The fourth-order valence-electron chi connectivity index (χ4n) is 3.82. The van der Waals surface area contributed by atoms with Crippen LogP contribution in [0.3, 0.4) is 0 Å². The summed E-state index contributed by atoms with van der Waals surface area (Å²) in [5, 5.41) is 22.1. The smallest absolute Gasteiger partial charge is 0.270 e. The van der Waals surface area contributed by atoms with Gasteiger partial charge in [0.25, 0.3) is 17.5 Å². The second kappa shape index (κ2) is 9.51. The van der Waals surface area contributed by atoms with Crippen LogP contribution in [0.1, 0.15) is 27.5 Å². The number of aromatic nitrogens is 3. The second-order valence-electron chi connectivity index (χ2n) is 7.90. The van der Waals surface area contributed by atoms with Gasteiger partial charge in [-0.3, -0.25) is 20.2 Å². The van der Waals surface area contributed by atoms with Gasteiger partial charge < -0.3 is 10.1 Å². The van der Waals surface area contributed by atoms with Crippen LogP contribution < -0.4 is 15.4 Å². The molecule has 0 fully saturated rings. The number of fused-ring (bicyclic) bond motifs is 1. The van der Waals surface area contributed by atoms with E-state index in [0.717, 1.165) is 22.6 Å². The Balaban J connectivity index is 1.49. The number of halogens is 1. The monoisotopic (exact) mass is 502 g/mol. The fourth-order valence-corrected chi connectivity index (χ4v) is 3.94. The average molecular weight is 503 g/mol. The van der Waals surface area contributed by atoms with Gasteiger partial charge in [-0.2, -0.15) is 4.98 Å². The van der Waals surface area contributed by atoms with Crippen LogP contribution in [-0.2, 0) is 0 Å². The first-order chi connectivity index (χ1) is 17.4. The highest BCUT2D eigenvalue weighted by molar-refractivity contribution is 6.30. The van der Waals surface area contributed by atoms with Gasteiger partial charge in [-0.25, -0.2) is 4.68 Å². The highest BCUT2D eigenvalue weighted by Crippen LogP contribution is 2.34. The molecule has 11 heteroatoms. The summed E-state index contributed by atoms with van der Waals surface area (Å²) in [6.07, 6.45) is 2.00. The Labute approximate surface area is 210 Å². The Morgan fingerprint density at radius 3 is 2.58 bits per heavy atom. The number of allylic oxidation sites excluding steroid dienone is 1. The maximum Gasteiger partial charge on any atom is 0.270 e. The molecule has 0 aliphatic carbocycles. The number of methoxy groups -OCH3 is 1. The summed E-state index contributed by atoms with van der Waals surface area (Å²) in [6.45, 7) is 0. The number of hydrogen-bond acceptors (Lipinski definition) is 7. The topological polar surface area (TPSA) is 124 Å². The molecule has 36 heavy (non-hydrogen) atoms. The summed E-state index contributed by atoms with van der Waals surface area (Å²) >= 11 is 6.06. The fraction of sp³-hybridized carbons (Fsp3) is 0.0800. The summed E-state index contributed by atoms with van der Waals surface area (Å²) in [7, 11) is 1.60. The van der Waals surface area contributed by atoms with Crippen molar-refractivity contribution in [1.29, 1.82) is 0 Å². The summed E-state index contributed by atoms with van der Waals surface area (Å²) in [6, 6.07) is 20.1. The van der Waals surface area contributed by atoms with Crippen LogP contribution in [0.15, 0.2) is 78.9 Å². The van der Waals surface area contributed by atoms with E-state index in [9.17, 15) is 14.9 Å². The number of anilines is 2. The van der Waals surface area contributed by atoms with Crippen molar-refractivity contribution in [2.45, 2.75) is 6.04 Å². The van der Waals surface area contributed by atoms with Crippen molar-refractivity contribution in [3.8, 4) is 5.75 Å². The molecule has 1 amide bonds. The van der Waals surface area contributed by atoms with Crippen LogP contribution in [0.4, 0.5) is 17.6 Å². The van der Waals surface area contributed by atoms with Gasteiger partial charge in [0.2, 0.25) is 5.95 Å². The minimum absolute atomic E-state index is 0.0540. The standard InChI is InChI=1S/C25H19ClN6O4/c1-36-20-11-7-16(8-12-20)22-14-21(15-5-9-18(26)10-6-15)27-25-29-24(30-31(22)25)28-23(33)17-3-2-4-19(13-17)32(34)35/h2-14,22H,1H3,(H2,27,28,29,30,33)/t22-/m1/s1. The maximum atomic E-state index is 12.8. The van der Waals surface area contributed by atoms with Gasteiger partial charge in [0.15, 0.2) is 0 Å². The van der Waals surface area contributed by atoms with Crippen molar-refractivity contribution in [3.63, 3.8) is 0 Å². The molecule has 0 radical (unpaired) electrons. The molecule has 10 nitrogen and oxygen atoms in total. The minimum Gasteiger partial charge on any atom is -0.497 e. The molecule has 0 saturated heterocycles. The number of nitro groups is 1. The summed E-state index contributed by atoms with van der Waals surface area (Å²) < 4.78 is 6.93.